The molecule has 0 aliphatic carbocycles. The van der Waals surface area contributed by atoms with Crippen LogP contribution in [0.3, 0.4) is 0 Å². The molecule has 0 aromatic heterocycles. The summed E-state index contributed by atoms with van der Waals surface area (Å²) < 4.78 is 5.02. The fourth-order valence-corrected chi connectivity index (χ4v) is 0.851. The van der Waals surface area contributed by atoms with Gasteiger partial charge in [-0.2, -0.15) is 0 Å². The second-order valence-corrected chi connectivity index (χ2v) is 3.97. The molecule has 76 valence electrons. The van der Waals surface area contributed by atoms with Crippen LogP contribution in [-0.4, -0.2) is 22.8 Å². The first-order valence-electron chi connectivity index (χ1n) is 4.36. The van der Waals surface area contributed by atoms with Crippen molar-refractivity contribution in [3.05, 3.63) is 12.7 Å². The van der Waals surface area contributed by atoms with E-state index in [2.05, 4.69) is 6.58 Å². The van der Waals surface area contributed by atoms with Crippen LogP contribution in [0.2, 0.25) is 0 Å². The van der Waals surface area contributed by atoms with Crippen LogP contribution in [0.4, 0.5) is 0 Å². The van der Waals surface area contributed by atoms with Crippen LogP contribution >= 0.6 is 0 Å². The van der Waals surface area contributed by atoms with Gasteiger partial charge in [0.05, 0.1) is 12.5 Å². The van der Waals surface area contributed by atoms with Crippen LogP contribution < -0.4 is 0 Å². The molecule has 1 atom stereocenters. The summed E-state index contributed by atoms with van der Waals surface area (Å²) in [4.78, 5) is 11.1. The Hall–Kier alpha value is -0.830. The van der Waals surface area contributed by atoms with Crippen molar-refractivity contribution in [2.75, 3.05) is 0 Å². The van der Waals surface area contributed by atoms with Gasteiger partial charge in [-0.3, -0.25) is 4.79 Å². The molecule has 13 heavy (non-hydrogen) atoms. The quantitative estimate of drug-likeness (QED) is 0.536. The van der Waals surface area contributed by atoms with E-state index in [9.17, 15) is 9.90 Å². The predicted molar refractivity (Wildman–Crippen MR) is 51.3 cm³/mol. The lowest BCUT2D eigenvalue weighted by Gasteiger charge is -2.20. The van der Waals surface area contributed by atoms with Crippen LogP contribution in [0, 0.1) is 0 Å². The summed E-state index contributed by atoms with van der Waals surface area (Å²) in [6, 6.07) is 0. The molecule has 0 saturated carbocycles. The maximum atomic E-state index is 11.1. The standard InChI is InChI=1S/C10H18O3/c1-5-6-8(11)7-9(12)13-10(2,3)4/h5,8,11H,1,6-7H2,2-4H3/t8-/m1/s1. The molecule has 0 aromatic carbocycles. The molecule has 0 aliphatic rings. The molecule has 0 heterocycles. The highest BCUT2D eigenvalue weighted by atomic mass is 16.6. The summed E-state index contributed by atoms with van der Waals surface area (Å²) in [5.41, 5.74) is -0.481. The van der Waals surface area contributed by atoms with Crippen molar-refractivity contribution in [1.29, 1.82) is 0 Å². The van der Waals surface area contributed by atoms with Gasteiger partial charge in [-0.05, 0) is 27.2 Å². The average Bonchev–Trinajstić information content (AvgIpc) is 1.81. The zero-order valence-electron chi connectivity index (χ0n) is 8.54. The Kier molecular flexibility index (Phi) is 4.70. The lowest BCUT2D eigenvalue weighted by molar-refractivity contribution is -0.156. The van der Waals surface area contributed by atoms with Crippen LogP contribution in [0.25, 0.3) is 0 Å². The van der Waals surface area contributed by atoms with Crippen molar-refractivity contribution >= 4 is 5.97 Å². The average molecular weight is 186 g/mol. The van der Waals surface area contributed by atoms with Crippen molar-refractivity contribution in [1.82, 2.24) is 0 Å². The minimum atomic E-state index is -0.674. The molecule has 0 aromatic rings. The van der Waals surface area contributed by atoms with Gasteiger partial charge in [0.2, 0.25) is 0 Å². The molecule has 3 heteroatoms. The number of carbonyl (C=O) groups excluding carboxylic acids is 1. The number of aliphatic hydroxyl groups excluding tert-OH is 1. The van der Waals surface area contributed by atoms with Crippen LogP contribution in [0.15, 0.2) is 12.7 Å². The number of hydrogen-bond acceptors (Lipinski definition) is 3. The smallest absolute Gasteiger partial charge is 0.308 e. The third kappa shape index (κ3) is 7.53. The molecular weight excluding hydrogens is 168 g/mol. The summed E-state index contributed by atoms with van der Waals surface area (Å²) in [6.45, 7) is 8.86. The van der Waals surface area contributed by atoms with E-state index >= 15 is 0 Å². The van der Waals surface area contributed by atoms with E-state index in [-0.39, 0.29) is 12.4 Å². The number of esters is 1. The highest BCUT2D eigenvalue weighted by Crippen LogP contribution is 2.10. The molecule has 3 nitrogen and oxygen atoms in total. The monoisotopic (exact) mass is 186 g/mol. The van der Waals surface area contributed by atoms with Crippen molar-refractivity contribution in [2.24, 2.45) is 0 Å². The predicted octanol–water partition coefficient (Wildman–Crippen LogP) is 1.66. The molecule has 0 amide bonds. The molecule has 0 bridgehead atoms. The van der Waals surface area contributed by atoms with Crippen LogP contribution in [0.5, 0.6) is 0 Å². The molecule has 0 spiro atoms. The van der Waals surface area contributed by atoms with E-state index in [0.717, 1.165) is 0 Å². The number of hydrogen-bond donors (Lipinski definition) is 1. The van der Waals surface area contributed by atoms with Gasteiger partial charge >= 0.3 is 5.97 Å². The summed E-state index contributed by atoms with van der Waals surface area (Å²) in [7, 11) is 0. The van der Waals surface area contributed by atoms with Crippen molar-refractivity contribution in [3.63, 3.8) is 0 Å². The fourth-order valence-electron chi connectivity index (χ4n) is 0.851. The number of carbonyl (C=O) groups is 1. The normalized spacial score (nSPS) is 13.5. The summed E-state index contributed by atoms with van der Waals surface area (Å²) in [5.74, 6) is -0.373. The lowest BCUT2D eigenvalue weighted by atomic mass is 10.1. The number of ether oxygens (including phenoxy) is 1. The van der Waals surface area contributed by atoms with Gasteiger partial charge in [0.1, 0.15) is 5.60 Å². The van der Waals surface area contributed by atoms with E-state index in [1.54, 1.807) is 26.8 Å². The molecular formula is C10H18O3. The highest BCUT2D eigenvalue weighted by Gasteiger charge is 2.18. The molecule has 0 rings (SSSR count). The highest BCUT2D eigenvalue weighted by molar-refractivity contribution is 5.70. The van der Waals surface area contributed by atoms with Gasteiger partial charge in [-0.25, -0.2) is 0 Å². The van der Waals surface area contributed by atoms with E-state index < -0.39 is 11.7 Å². The lowest BCUT2D eigenvalue weighted by Crippen LogP contribution is -2.26. The zero-order chi connectivity index (χ0) is 10.5. The maximum Gasteiger partial charge on any atom is 0.308 e. The first-order valence-corrected chi connectivity index (χ1v) is 4.36. The largest absolute Gasteiger partial charge is 0.460 e. The van der Waals surface area contributed by atoms with Gasteiger partial charge in [0.25, 0.3) is 0 Å². The van der Waals surface area contributed by atoms with Crippen LogP contribution in [-0.2, 0) is 9.53 Å². The number of rotatable bonds is 4. The van der Waals surface area contributed by atoms with Crippen molar-refractivity contribution < 1.29 is 14.6 Å². The second kappa shape index (κ2) is 5.02. The van der Waals surface area contributed by atoms with Crippen molar-refractivity contribution in [2.45, 2.75) is 45.3 Å². The van der Waals surface area contributed by atoms with Crippen LogP contribution in [0.1, 0.15) is 33.6 Å². The van der Waals surface area contributed by atoms with Gasteiger partial charge in [0, 0.05) is 0 Å². The topological polar surface area (TPSA) is 46.5 Å². The summed E-state index contributed by atoms with van der Waals surface area (Å²) >= 11 is 0. The molecule has 0 aliphatic heterocycles. The van der Waals surface area contributed by atoms with E-state index in [1.165, 1.54) is 0 Å². The molecule has 0 saturated heterocycles. The van der Waals surface area contributed by atoms with E-state index in [4.69, 9.17) is 4.74 Å². The maximum absolute atomic E-state index is 11.1. The fraction of sp³-hybridized carbons (Fsp3) is 0.700. The molecule has 0 radical (unpaired) electrons. The van der Waals surface area contributed by atoms with E-state index in [1.807, 2.05) is 0 Å². The molecule has 0 unspecified atom stereocenters. The second-order valence-electron chi connectivity index (χ2n) is 3.97. The minimum Gasteiger partial charge on any atom is -0.460 e. The zero-order valence-corrected chi connectivity index (χ0v) is 8.54. The summed E-state index contributed by atoms with van der Waals surface area (Å²) in [5, 5.41) is 9.24. The minimum absolute atomic E-state index is 0.0310. The summed E-state index contributed by atoms with van der Waals surface area (Å²) in [6.07, 6.45) is 1.35. The first-order chi connectivity index (χ1) is 5.85. The molecule has 1 N–H and O–H groups in total. The molecule has 0 fully saturated rings. The Morgan fingerprint density at radius 1 is 1.62 bits per heavy atom. The van der Waals surface area contributed by atoms with E-state index in [0.29, 0.717) is 6.42 Å². The first kappa shape index (κ1) is 12.2. The van der Waals surface area contributed by atoms with Gasteiger partial charge in [-0.15, -0.1) is 6.58 Å². The Morgan fingerprint density at radius 2 is 2.15 bits per heavy atom. The van der Waals surface area contributed by atoms with Crippen molar-refractivity contribution in [3.8, 4) is 0 Å². The van der Waals surface area contributed by atoms with Gasteiger partial charge < -0.3 is 9.84 Å². The Labute approximate surface area is 79.4 Å². The van der Waals surface area contributed by atoms with Gasteiger partial charge in [-0.1, -0.05) is 6.08 Å². The number of aliphatic hydroxyl groups is 1. The Morgan fingerprint density at radius 3 is 2.54 bits per heavy atom. The Balaban J connectivity index is 3.81. The SMILES string of the molecule is C=CC[C@@H](O)CC(=O)OC(C)(C)C. The Bertz CT molecular complexity index is 179. The van der Waals surface area contributed by atoms with Gasteiger partial charge in [0.15, 0.2) is 0 Å². The third-order valence-electron chi connectivity index (χ3n) is 1.26. The third-order valence-corrected chi connectivity index (χ3v) is 1.26.